The van der Waals surface area contributed by atoms with Gasteiger partial charge in [-0.05, 0) is 24.0 Å². The molecule has 0 saturated heterocycles. The second-order valence-electron chi connectivity index (χ2n) is 3.78. The number of carbonyl (C=O) groups excluding carboxylic acids is 1. The highest BCUT2D eigenvalue weighted by molar-refractivity contribution is 5.93. The van der Waals surface area contributed by atoms with Gasteiger partial charge in [0.1, 0.15) is 5.41 Å². The number of carbonyl (C=O) groups is 1. The van der Waals surface area contributed by atoms with E-state index in [2.05, 4.69) is 6.08 Å². The van der Waals surface area contributed by atoms with Gasteiger partial charge in [0.2, 0.25) is 5.91 Å². The molecular weight excluding hydrogens is 150 g/mol. The third kappa shape index (κ3) is 0.481. The van der Waals surface area contributed by atoms with E-state index < -0.39 is 5.41 Å². The van der Waals surface area contributed by atoms with Gasteiger partial charge in [0.15, 0.2) is 0 Å². The van der Waals surface area contributed by atoms with Gasteiger partial charge in [-0.25, -0.2) is 0 Å². The smallest absolute Gasteiger partial charge is 0.235 e. The minimum Gasteiger partial charge on any atom is -0.368 e. The topological polar surface area (TPSA) is 43.1 Å². The maximum Gasteiger partial charge on any atom is 0.235 e. The van der Waals surface area contributed by atoms with E-state index >= 15 is 0 Å². The fourth-order valence-corrected chi connectivity index (χ4v) is 2.50. The normalized spacial score (nSPS) is 34.8. The standard InChI is InChI=1S/C10H9NO/c11-9(12)10-4-6-1-7(5-10)3-8(10)2-6/h2,4-5H,1,3H2,(H2,11,12). The van der Waals surface area contributed by atoms with Crippen molar-refractivity contribution >= 4 is 5.91 Å². The Kier molecular flexibility index (Phi) is 0.808. The van der Waals surface area contributed by atoms with Gasteiger partial charge in [0.25, 0.3) is 0 Å². The van der Waals surface area contributed by atoms with Crippen molar-refractivity contribution in [1.82, 2.24) is 0 Å². The Morgan fingerprint density at radius 1 is 1.42 bits per heavy atom. The second kappa shape index (κ2) is 1.56. The van der Waals surface area contributed by atoms with E-state index in [1.165, 1.54) is 16.7 Å². The molecule has 0 radical (unpaired) electrons. The zero-order chi connectivity index (χ0) is 8.34. The summed E-state index contributed by atoms with van der Waals surface area (Å²) in [5.74, 6) is -0.224. The maximum absolute atomic E-state index is 11.3. The fourth-order valence-electron chi connectivity index (χ4n) is 2.50. The minimum absolute atomic E-state index is 0.224. The largest absolute Gasteiger partial charge is 0.368 e. The van der Waals surface area contributed by atoms with Crippen molar-refractivity contribution in [3.05, 3.63) is 34.9 Å². The van der Waals surface area contributed by atoms with Crippen LogP contribution in [0.4, 0.5) is 0 Å². The highest BCUT2D eigenvalue weighted by Crippen LogP contribution is 2.53. The molecule has 4 aliphatic rings. The van der Waals surface area contributed by atoms with Crippen molar-refractivity contribution < 1.29 is 4.79 Å². The second-order valence-corrected chi connectivity index (χ2v) is 3.78. The summed E-state index contributed by atoms with van der Waals surface area (Å²) >= 11 is 0. The molecule has 2 heteroatoms. The number of amides is 1. The van der Waals surface area contributed by atoms with Crippen LogP contribution in [0.3, 0.4) is 0 Å². The zero-order valence-electron chi connectivity index (χ0n) is 6.63. The van der Waals surface area contributed by atoms with Crippen molar-refractivity contribution in [2.45, 2.75) is 12.8 Å². The molecular formula is C10H9NO. The summed E-state index contributed by atoms with van der Waals surface area (Å²) in [6.45, 7) is 0. The first kappa shape index (κ1) is 6.23. The van der Waals surface area contributed by atoms with E-state index in [1.807, 2.05) is 12.2 Å². The summed E-state index contributed by atoms with van der Waals surface area (Å²) in [6, 6.07) is 0. The van der Waals surface area contributed by atoms with E-state index in [4.69, 9.17) is 5.73 Å². The lowest BCUT2D eigenvalue weighted by molar-refractivity contribution is -0.121. The summed E-state index contributed by atoms with van der Waals surface area (Å²) in [5, 5.41) is 0. The Hall–Kier alpha value is -1.31. The highest BCUT2D eigenvalue weighted by atomic mass is 16.1. The van der Waals surface area contributed by atoms with Gasteiger partial charge in [-0.1, -0.05) is 23.8 Å². The van der Waals surface area contributed by atoms with Crippen LogP contribution in [-0.2, 0) is 4.79 Å². The SMILES string of the molecule is NC(=O)C12C=C3C=C1CC(=C2)C3. The van der Waals surface area contributed by atoms with E-state index in [-0.39, 0.29) is 5.91 Å². The van der Waals surface area contributed by atoms with Gasteiger partial charge < -0.3 is 5.73 Å². The molecule has 0 heterocycles. The van der Waals surface area contributed by atoms with E-state index in [1.54, 1.807) is 0 Å². The van der Waals surface area contributed by atoms with Crippen molar-refractivity contribution in [3.8, 4) is 0 Å². The van der Waals surface area contributed by atoms with Crippen LogP contribution >= 0.6 is 0 Å². The van der Waals surface area contributed by atoms with Gasteiger partial charge in [-0.2, -0.15) is 0 Å². The van der Waals surface area contributed by atoms with Crippen LogP contribution in [0.2, 0.25) is 0 Å². The Balaban J connectivity index is 2.27. The van der Waals surface area contributed by atoms with Crippen molar-refractivity contribution in [2.24, 2.45) is 11.1 Å². The number of hydrogen-bond donors (Lipinski definition) is 1. The van der Waals surface area contributed by atoms with Crippen LogP contribution in [0.15, 0.2) is 34.9 Å². The van der Waals surface area contributed by atoms with Gasteiger partial charge in [0.05, 0.1) is 0 Å². The van der Waals surface area contributed by atoms with Gasteiger partial charge in [0, 0.05) is 0 Å². The number of hydrogen-bond acceptors (Lipinski definition) is 1. The van der Waals surface area contributed by atoms with Crippen LogP contribution < -0.4 is 5.73 Å². The van der Waals surface area contributed by atoms with Crippen LogP contribution in [0.1, 0.15) is 12.8 Å². The molecule has 0 spiro atoms. The van der Waals surface area contributed by atoms with Gasteiger partial charge >= 0.3 is 0 Å². The Morgan fingerprint density at radius 3 is 2.83 bits per heavy atom. The molecule has 0 aromatic rings. The molecule has 0 aliphatic heterocycles. The molecule has 0 aromatic carbocycles. The average Bonchev–Trinajstić information content (AvgIpc) is 2.37. The summed E-state index contributed by atoms with van der Waals surface area (Å²) in [7, 11) is 0. The molecule has 0 fully saturated rings. The van der Waals surface area contributed by atoms with Crippen molar-refractivity contribution in [1.29, 1.82) is 0 Å². The Bertz CT molecular complexity index is 387. The molecule has 12 heavy (non-hydrogen) atoms. The van der Waals surface area contributed by atoms with E-state index in [9.17, 15) is 4.79 Å². The summed E-state index contributed by atoms with van der Waals surface area (Å²) in [6.07, 6.45) is 8.16. The molecule has 2 N–H and O–H groups in total. The average molecular weight is 159 g/mol. The summed E-state index contributed by atoms with van der Waals surface area (Å²) < 4.78 is 0. The lowest BCUT2D eigenvalue weighted by Crippen LogP contribution is -2.32. The molecule has 0 aromatic heterocycles. The van der Waals surface area contributed by atoms with E-state index in [0.717, 1.165) is 12.8 Å². The van der Waals surface area contributed by atoms with Crippen molar-refractivity contribution in [3.63, 3.8) is 0 Å². The molecule has 1 atom stereocenters. The predicted molar refractivity (Wildman–Crippen MR) is 45.1 cm³/mol. The quantitative estimate of drug-likeness (QED) is 0.571. The van der Waals surface area contributed by atoms with Gasteiger partial charge in [-0.15, -0.1) is 0 Å². The van der Waals surface area contributed by atoms with Gasteiger partial charge in [-0.3, -0.25) is 4.79 Å². The molecule has 4 rings (SSSR count). The Labute approximate surface area is 70.4 Å². The summed E-state index contributed by atoms with van der Waals surface area (Å²) in [4.78, 5) is 11.3. The fraction of sp³-hybridized carbons (Fsp3) is 0.300. The molecule has 1 amide bonds. The first-order valence-corrected chi connectivity index (χ1v) is 4.14. The van der Waals surface area contributed by atoms with Crippen LogP contribution in [0, 0.1) is 5.41 Å². The lowest BCUT2D eigenvalue weighted by atomic mass is 9.85. The van der Waals surface area contributed by atoms with Crippen molar-refractivity contribution in [2.75, 3.05) is 0 Å². The molecule has 60 valence electrons. The number of primary amides is 1. The number of rotatable bonds is 1. The van der Waals surface area contributed by atoms with E-state index in [0.29, 0.717) is 0 Å². The Morgan fingerprint density at radius 2 is 2.25 bits per heavy atom. The predicted octanol–water partition coefficient (Wildman–Crippen LogP) is 1.06. The van der Waals surface area contributed by atoms with Crippen LogP contribution in [0.5, 0.6) is 0 Å². The molecule has 4 aliphatic carbocycles. The lowest BCUT2D eigenvalue weighted by Gasteiger charge is -2.18. The molecule has 4 bridgehead atoms. The minimum atomic E-state index is -0.497. The first-order chi connectivity index (χ1) is 5.71. The molecule has 1 unspecified atom stereocenters. The third-order valence-electron chi connectivity index (χ3n) is 2.99. The third-order valence-corrected chi connectivity index (χ3v) is 2.99. The number of nitrogens with two attached hydrogens (primary N) is 1. The monoisotopic (exact) mass is 159 g/mol. The highest BCUT2D eigenvalue weighted by Gasteiger charge is 2.47. The maximum atomic E-state index is 11.3. The van der Waals surface area contributed by atoms with Crippen LogP contribution in [0.25, 0.3) is 0 Å². The zero-order valence-corrected chi connectivity index (χ0v) is 6.63. The molecule has 2 nitrogen and oxygen atoms in total. The first-order valence-electron chi connectivity index (χ1n) is 4.14. The summed E-state index contributed by atoms with van der Waals surface area (Å²) in [5.41, 5.74) is 8.71. The molecule has 0 saturated carbocycles. The van der Waals surface area contributed by atoms with Crippen LogP contribution in [-0.4, -0.2) is 5.91 Å². The number of allylic oxidation sites excluding steroid dienone is 3.